The highest BCUT2D eigenvalue weighted by atomic mass is 32.2. The number of piperidine rings is 1. The van der Waals surface area contributed by atoms with Crippen LogP contribution in [0.2, 0.25) is 0 Å². The molecule has 2 rings (SSSR count). The lowest BCUT2D eigenvalue weighted by Crippen LogP contribution is -2.42. The molecule has 1 unspecified atom stereocenters. The SMILES string of the molecule is Cc1noc(C)c1S(=O)(=O)N1CCCC(O)C1. The van der Waals surface area contributed by atoms with Crippen molar-refractivity contribution in [1.82, 2.24) is 9.46 Å². The number of aromatic nitrogens is 1. The Hall–Kier alpha value is -0.920. The van der Waals surface area contributed by atoms with Crippen molar-refractivity contribution in [1.29, 1.82) is 0 Å². The lowest BCUT2D eigenvalue weighted by molar-refractivity contribution is 0.108. The molecule has 1 aromatic heterocycles. The maximum atomic E-state index is 12.4. The van der Waals surface area contributed by atoms with E-state index in [2.05, 4.69) is 5.16 Å². The van der Waals surface area contributed by atoms with Gasteiger partial charge >= 0.3 is 0 Å². The number of β-amino-alcohol motifs (C(OH)–C–C–N with tert-alkyl or cyclic N) is 1. The summed E-state index contributed by atoms with van der Waals surface area (Å²) in [6, 6.07) is 0. The summed E-state index contributed by atoms with van der Waals surface area (Å²) in [6.07, 6.45) is 0.733. The molecule has 1 fully saturated rings. The van der Waals surface area contributed by atoms with Gasteiger partial charge in [-0.2, -0.15) is 4.31 Å². The topological polar surface area (TPSA) is 83.6 Å². The molecule has 1 saturated heterocycles. The first kappa shape index (κ1) is 12.5. The number of aliphatic hydroxyl groups excluding tert-OH is 1. The van der Waals surface area contributed by atoms with E-state index in [1.54, 1.807) is 13.8 Å². The zero-order valence-corrected chi connectivity index (χ0v) is 10.7. The van der Waals surface area contributed by atoms with Crippen LogP contribution in [0.1, 0.15) is 24.3 Å². The van der Waals surface area contributed by atoms with Gasteiger partial charge in [-0.05, 0) is 26.7 Å². The Bertz CT molecular complexity index is 489. The van der Waals surface area contributed by atoms with Crippen molar-refractivity contribution in [3.8, 4) is 0 Å². The Morgan fingerprint density at radius 2 is 2.18 bits per heavy atom. The number of hydrogen-bond acceptors (Lipinski definition) is 5. The standard InChI is InChI=1S/C10H16N2O4S/c1-7-10(8(2)16-11-7)17(14,15)12-5-3-4-9(13)6-12/h9,13H,3-6H2,1-2H3. The van der Waals surface area contributed by atoms with Crippen molar-refractivity contribution in [2.75, 3.05) is 13.1 Å². The van der Waals surface area contributed by atoms with Crippen LogP contribution in [-0.4, -0.2) is 42.2 Å². The molecular formula is C10H16N2O4S. The van der Waals surface area contributed by atoms with Crippen molar-refractivity contribution < 1.29 is 18.0 Å². The van der Waals surface area contributed by atoms with Gasteiger partial charge in [-0.1, -0.05) is 5.16 Å². The van der Waals surface area contributed by atoms with Crippen LogP contribution in [0.3, 0.4) is 0 Å². The molecule has 1 aliphatic heterocycles. The summed E-state index contributed by atoms with van der Waals surface area (Å²) < 4.78 is 30.9. The molecule has 17 heavy (non-hydrogen) atoms. The number of rotatable bonds is 2. The molecule has 0 aliphatic carbocycles. The van der Waals surface area contributed by atoms with Crippen LogP contribution in [0.25, 0.3) is 0 Å². The van der Waals surface area contributed by atoms with Crippen molar-refractivity contribution in [2.24, 2.45) is 0 Å². The monoisotopic (exact) mass is 260 g/mol. The summed E-state index contributed by atoms with van der Waals surface area (Å²) in [5.74, 6) is 0.294. The molecule has 0 spiro atoms. The van der Waals surface area contributed by atoms with Crippen LogP contribution in [0.5, 0.6) is 0 Å². The van der Waals surface area contributed by atoms with Crippen LogP contribution in [0.4, 0.5) is 0 Å². The lowest BCUT2D eigenvalue weighted by Gasteiger charge is -2.28. The summed E-state index contributed by atoms with van der Waals surface area (Å²) in [5, 5.41) is 13.2. The largest absolute Gasteiger partial charge is 0.392 e. The fraction of sp³-hybridized carbons (Fsp3) is 0.700. The average Bonchev–Trinajstić information content (AvgIpc) is 2.59. The molecule has 0 amide bonds. The molecule has 1 atom stereocenters. The second-order valence-electron chi connectivity index (χ2n) is 4.31. The average molecular weight is 260 g/mol. The van der Waals surface area contributed by atoms with Crippen molar-refractivity contribution >= 4 is 10.0 Å². The Labute approximate surface area is 100 Å². The van der Waals surface area contributed by atoms with E-state index in [1.807, 2.05) is 0 Å². The highest BCUT2D eigenvalue weighted by Gasteiger charge is 2.33. The van der Waals surface area contributed by atoms with Gasteiger partial charge in [0, 0.05) is 13.1 Å². The van der Waals surface area contributed by atoms with Crippen LogP contribution in [-0.2, 0) is 10.0 Å². The zero-order chi connectivity index (χ0) is 12.6. The van der Waals surface area contributed by atoms with Gasteiger partial charge in [0.2, 0.25) is 10.0 Å². The molecule has 1 aliphatic rings. The molecule has 96 valence electrons. The van der Waals surface area contributed by atoms with E-state index in [0.29, 0.717) is 30.8 Å². The minimum absolute atomic E-state index is 0.131. The number of hydrogen-bond donors (Lipinski definition) is 1. The lowest BCUT2D eigenvalue weighted by atomic mass is 10.1. The summed E-state index contributed by atoms with van der Waals surface area (Å²) in [4.78, 5) is 0.131. The molecule has 0 bridgehead atoms. The second-order valence-corrected chi connectivity index (χ2v) is 6.19. The van der Waals surface area contributed by atoms with Gasteiger partial charge < -0.3 is 9.63 Å². The first-order valence-electron chi connectivity index (χ1n) is 5.54. The van der Waals surface area contributed by atoms with Gasteiger partial charge in [0.25, 0.3) is 0 Å². The number of nitrogens with zero attached hydrogens (tertiary/aromatic N) is 2. The molecular weight excluding hydrogens is 244 g/mol. The summed E-state index contributed by atoms with van der Waals surface area (Å²) in [6.45, 7) is 3.76. The Morgan fingerprint density at radius 3 is 2.71 bits per heavy atom. The van der Waals surface area contributed by atoms with Crippen molar-refractivity contribution in [2.45, 2.75) is 37.7 Å². The van der Waals surface area contributed by atoms with E-state index in [4.69, 9.17) is 4.52 Å². The summed E-state index contributed by atoms with van der Waals surface area (Å²) in [7, 11) is -3.60. The highest BCUT2D eigenvalue weighted by Crippen LogP contribution is 2.25. The van der Waals surface area contributed by atoms with Crippen molar-refractivity contribution in [3.05, 3.63) is 11.5 Å². The molecule has 0 aromatic carbocycles. The highest BCUT2D eigenvalue weighted by molar-refractivity contribution is 7.89. The van der Waals surface area contributed by atoms with E-state index < -0.39 is 16.1 Å². The third-order valence-electron chi connectivity index (χ3n) is 2.92. The van der Waals surface area contributed by atoms with Gasteiger partial charge in [-0.25, -0.2) is 8.42 Å². The van der Waals surface area contributed by atoms with Gasteiger partial charge in [-0.15, -0.1) is 0 Å². The van der Waals surface area contributed by atoms with E-state index >= 15 is 0 Å². The smallest absolute Gasteiger partial charge is 0.248 e. The molecule has 7 heteroatoms. The fourth-order valence-electron chi connectivity index (χ4n) is 2.11. The van der Waals surface area contributed by atoms with Gasteiger partial charge in [0.1, 0.15) is 10.6 Å². The van der Waals surface area contributed by atoms with Gasteiger partial charge in [-0.3, -0.25) is 0 Å². The molecule has 0 radical (unpaired) electrons. The number of aliphatic hydroxyl groups is 1. The normalized spacial score (nSPS) is 22.9. The molecule has 1 N–H and O–H groups in total. The first-order chi connectivity index (χ1) is 7.93. The number of sulfonamides is 1. The van der Waals surface area contributed by atoms with Crippen molar-refractivity contribution in [3.63, 3.8) is 0 Å². The third kappa shape index (κ3) is 2.22. The molecule has 2 heterocycles. The first-order valence-corrected chi connectivity index (χ1v) is 6.98. The Kier molecular flexibility index (Phi) is 3.24. The number of aryl methyl sites for hydroxylation is 2. The predicted octanol–water partition coefficient (Wildman–Crippen LogP) is 0.437. The minimum atomic E-state index is -3.60. The van der Waals surface area contributed by atoms with Crippen LogP contribution in [0, 0.1) is 13.8 Å². The van der Waals surface area contributed by atoms with Gasteiger partial charge in [0.05, 0.1) is 6.10 Å². The fourth-order valence-corrected chi connectivity index (χ4v) is 3.92. The minimum Gasteiger partial charge on any atom is -0.392 e. The molecule has 6 nitrogen and oxygen atoms in total. The van der Waals surface area contributed by atoms with E-state index in [9.17, 15) is 13.5 Å². The predicted molar refractivity (Wildman–Crippen MR) is 60.0 cm³/mol. The maximum absolute atomic E-state index is 12.4. The van der Waals surface area contributed by atoms with E-state index in [0.717, 1.165) is 0 Å². The van der Waals surface area contributed by atoms with E-state index in [-0.39, 0.29) is 11.4 Å². The van der Waals surface area contributed by atoms with Gasteiger partial charge in [0.15, 0.2) is 5.76 Å². The second kappa shape index (κ2) is 4.40. The Balaban J connectivity index is 2.36. The maximum Gasteiger partial charge on any atom is 0.248 e. The summed E-state index contributed by atoms with van der Waals surface area (Å²) >= 11 is 0. The van der Waals surface area contributed by atoms with Crippen LogP contribution < -0.4 is 0 Å². The molecule has 1 aromatic rings. The molecule has 0 saturated carbocycles. The van der Waals surface area contributed by atoms with E-state index in [1.165, 1.54) is 4.31 Å². The van der Waals surface area contributed by atoms with Crippen LogP contribution in [0.15, 0.2) is 9.42 Å². The quantitative estimate of drug-likeness (QED) is 0.834. The third-order valence-corrected chi connectivity index (χ3v) is 5.04. The zero-order valence-electron chi connectivity index (χ0n) is 9.88. The summed E-state index contributed by atoms with van der Waals surface area (Å²) in [5.41, 5.74) is 0.363. The Morgan fingerprint density at radius 1 is 1.47 bits per heavy atom. The van der Waals surface area contributed by atoms with Crippen LogP contribution >= 0.6 is 0 Å².